The van der Waals surface area contributed by atoms with Gasteiger partial charge in [-0.05, 0) is 24.1 Å². The van der Waals surface area contributed by atoms with E-state index in [-0.39, 0.29) is 7.33 Å². The van der Waals surface area contributed by atoms with Crippen LogP contribution in [-0.4, -0.2) is 39.4 Å². The Bertz CT molecular complexity index is 354. The van der Waals surface area contributed by atoms with Crippen LogP contribution >= 0.6 is 0 Å². The number of nitrogens with one attached hydrogen (secondary N) is 1. The third kappa shape index (κ3) is 5.29. The van der Waals surface area contributed by atoms with Crippen molar-refractivity contribution in [1.82, 2.24) is 5.32 Å². The summed E-state index contributed by atoms with van der Waals surface area (Å²) in [6.07, 6.45) is 0.981. The van der Waals surface area contributed by atoms with E-state index in [0.717, 1.165) is 6.42 Å². The molecule has 1 N–H and O–H groups in total. The largest absolute Gasteiger partial charge is 0.382 e. The molecule has 1 rings (SSSR count). The topological polar surface area (TPSA) is 47.6 Å². The van der Waals surface area contributed by atoms with Gasteiger partial charge in [-0.15, -0.1) is 0 Å². The van der Waals surface area contributed by atoms with Crippen molar-refractivity contribution in [3.63, 3.8) is 0 Å². The number of benzene rings is 1. The highest BCUT2D eigenvalue weighted by Crippen LogP contribution is 2.04. The van der Waals surface area contributed by atoms with Crippen LogP contribution in [0.1, 0.15) is 24.3 Å². The Morgan fingerprint density at radius 1 is 1.22 bits per heavy atom. The van der Waals surface area contributed by atoms with Gasteiger partial charge in [0, 0.05) is 20.6 Å². The van der Waals surface area contributed by atoms with Crippen molar-refractivity contribution in [3.8, 4) is 0 Å². The van der Waals surface area contributed by atoms with E-state index in [9.17, 15) is 4.79 Å². The zero-order chi connectivity index (χ0) is 13.2. The summed E-state index contributed by atoms with van der Waals surface area (Å²) in [6, 6.07) is 7.65. The third-order valence-corrected chi connectivity index (χ3v) is 2.59. The molecule has 0 spiro atoms. The Hall–Kier alpha value is -1.39. The minimum Gasteiger partial charge on any atom is -0.382 e. The summed E-state index contributed by atoms with van der Waals surface area (Å²) in [5.74, 6) is -0.0620. The summed E-state index contributed by atoms with van der Waals surface area (Å²) < 4.78 is 10.1. The lowest BCUT2D eigenvalue weighted by molar-refractivity contribution is 0.0692. The van der Waals surface area contributed by atoms with E-state index < -0.39 is 0 Å². The highest BCUT2D eigenvalue weighted by atomic mass is 16.5. The molecule has 0 aliphatic heterocycles. The molecule has 4 nitrogen and oxygen atoms in total. The van der Waals surface area contributed by atoms with Gasteiger partial charge < -0.3 is 14.8 Å². The fourth-order valence-electron chi connectivity index (χ4n) is 1.47. The van der Waals surface area contributed by atoms with Crippen LogP contribution in [-0.2, 0) is 15.9 Å². The maximum absolute atomic E-state index is 11.7. The van der Waals surface area contributed by atoms with Crippen molar-refractivity contribution in [3.05, 3.63) is 35.4 Å². The van der Waals surface area contributed by atoms with Gasteiger partial charge in [0.2, 0.25) is 0 Å². The predicted molar refractivity (Wildman–Crippen MR) is 73.0 cm³/mol. The van der Waals surface area contributed by atoms with Crippen molar-refractivity contribution in [2.75, 3.05) is 33.5 Å². The van der Waals surface area contributed by atoms with Crippen LogP contribution in [0.25, 0.3) is 0 Å². The van der Waals surface area contributed by atoms with Crippen LogP contribution in [0.15, 0.2) is 24.3 Å². The second-order valence-electron chi connectivity index (χ2n) is 3.91. The molecule has 0 aromatic heterocycles. The van der Waals surface area contributed by atoms with Crippen molar-refractivity contribution in [1.29, 1.82) is 0 Å². The van der Waals surface area contributed by atoms with Crippen LogP contribution < -0.4 is 5.32 Å². The number of methoxy groups -OCH3 is 1. The molecular weight excluding hydrogens is 230 g/mol. The molecule has 0 saturated carbocycles. The summed E-state index contributed by atoms with van der Waals surface area (Å²) in [7, 11) is 1.63. The first-order valence-electron chi connectivity index (χ1n) is 6.21. The van der Waals surface area contributed by atoms with E-state index in [1.807, 2.05) is 24.3 Å². The number of rotatable bonds is 8. The molecule has 1 aromatic rings. The number of hydrogen-bond donors (Lipinski definition) is 1. The third-order valence-electron chi connectivity index (χ3n) is 2.59. The quantitative estimate of drug-likeness (QED) is 0.720. The predicted octanol–water partition coefficient (Wildman–Crippen LogP) is 1.89. The first-order chi connectivity index (χ1) is 8.77. The molecule has 18 heavy (non-hydrogen) atoms. The van der Waals surface area contributed by atoms with E-state index in [0.29, 0.717) is 31.9 Å². The van der Waals surface area contributed by atoms with Crippen LogP contribution in [0, 0.1) is 0 Å². The maximum atomic E-state index is 11.7. The van der Waals surface area contributed by atoms with E-state index in [1.54, 1.807) is 7.11 Å². The van der Waals surface area contributed by atoms with Gasteiger partial charge in [-0.3, -0.25) is 4.79 Å². The Balaban J connectivity index is 0.00000324. The average molecular weight is 253 g/mol. The van der Waals surface area contributed by atoms with E-state index in [4.69, 9.17) is 9.47 Å². The molecule has 0 unspecified atom stereocenters. The van der Waals surface area contributed by atoms with E-state index >= 15 is 0 Å². The summed E-state index contributed by atoms with van der Waals surface area (Å²) in [4.78, 5) is 11.7. The van der Waals surface area contributed by atoms with Gasteiger partial charge in [0.15, 0.2) is 0 Å². The lowest BCUT2D eigenvalue weighted by Gasteiger charge is -2.06. The van der Waals surface area contributed by atoms with Crippen LogP contribution in [0.3, 0.4) is 0 Å². The van der Waals surface area contributed by atoms with Gasteiger partial charge in [0.05, 0.1) is 19.8 Å². The summed E-state index contributed by atoms with van der Waals surface area (Å²) in [5, 5.41) is 2.81. The molecule has 0 aliphatic carbocycles. The molecule has 0 bridgehead atoms. The number of carbonyl (C=O) groups excluding carboxylic acids is 1. The Morgan fingerprint density at radius 3 is 2.56 bits per heavy atom. The first kappa shape index (κ1) is 14.7. The normalized spacial score (nSPS) is 10.3. The highest BCUT2D eigenvalue weighted by molar-refractivity contribution is 5.94. The molecule has 1 amide bonds. The minimum absolute atomic E-state index is 0. The lowest BCUT2D eigenvalue weighted by atomic mass is 10.1. The number of hydrogen-bond acceptors (Lipinski definition) is 3. The molecule has 0 radical (unpaired) electrons. The maximum Gasteiger partial charge on any atom is 0.251 e. The summed E-state index contributed by atoms with van der Waals surface area (Å²) in [6.45, 7) is 4.23. The molecule has 1 aromatic carbocycles. The summed E-state index contributed by atoms with van der Waals surface area (Å²) >= 11 is 0. The van der Waals surface area contributed by atoms with Gasteiger partial charge in [-0.25, -0.2) is 0 Å². The number of aryl methyl sites for hydroxylation is 1. The highest BCUT2D eigenvalue weighted by Gasteiger charge is 2.03. The smallest absolute Gasteiger partial charge is 0.251 e. The van der Waals surface area contributed by atoms with Crippen LogP contribution in [0.5, 0.6) is 0 Å². The summed E-state index contributed by atoms with van der Waals surface area (Å²) in [5.41, 5.74) is 1.92. The zero-order valence-electron chi connectivity index (χ0n) is 11.1. The van der Waals surface area contributed by atoms with Crippen molar-refractivity contribution < 1.29 is 15.7 Å². The zero-order valence-corrected chi connectivity index (χ0v) is 11.1. The Kier molecular flexibility index (Phi) is 7.06. The van der Waals surface area contributed by atoms with Gasteiger partial charge in [-0.2, -0.15) is 0 Å². The molecular formula is C14H23NO3. The first-order valence-corrected chi connectivity index (χ1v) is 6.21. The van der Waals surface area contributed by atoms with Crippen molar-refractivity contribution >= 4 is 5.91 Å². The number of amides is 1. The molecule has 0 fully saturated rings. The molecule has 0 aliphatic rings. The van der Waals surface area contributed by atoms with Crippen LogP contribution in [0.4, 0.5) is 0 Å². The fraction of sp³-hybridized carbons (Fsp3) is 0.500. The molecule has 0 heterocycles. The lowest BCUT2D eigenvalue weighted by Crippen LogP contribution is -2.27. The second kappa shape index (κ2) is 8.66. The SMILES string of the molecule is CCc1ccc(C(=O)NCCOCCOC)cc1.[HH]. The van der Waals surface area contributed by atoms with Gasteiger partial charge in [0.1, 0.15) is 0 Å². The van der Waals surface area contributed by atoms with Gasteiger partial charge >= 0.3 is 0 Å². The molecule has 0 saturated heterocycles. The Labute approximate surface area is 110 Å². The molecule has 102 valence electrons. The van der Waals surface area contributed by atoms with Gasteiger partial charge in [-0.1, -0.05) is 19.1 Å². The van der Waals surface area contributed by atoms with E-state index in [1.165, 1.54) is 5.56 Å². The number of carbonyl (C=O) groups is 1. The minimum atomic E-state index is -0.0620. The van der Waals surface area contributed by atoms with E-state index in [2.05, 4.69) is 12.2 Å². The molecule has 4 heteroatoms. The van der Waals surface area contributed by atoms with Crippen molar-refractivity contribution in [2.24, 2.45) is 0 Å². The van der Waals surface area contributed by atoms with Crippen molar-refractivity contribution in [2.45, 2.75) is 13.3 Å². The standard InChI is InChI=1S/C14H21NO3.H2/c1-3-12-4-6-13(7-5-12)14(16)15-8-9-18-11-10-17-2;/h4-7H,3,8-11H2,1-2H3,(H,15,16);1H. The number of ether oxygens (including phenoxy) is 2. The second-order valence-corrected chi connectivity index (χ2v) is 3.91. The molecule has 0 atom stereocenters. The fourth-order valence-corrected chi connectivity index (χ4v) is 1.47. The van der Waals surface area contributed by atoms with Gasteiger partial charge in [0.25, 0.3) is 5.91 Å². The monoisotopic (exact) mass is 253 g/mol. The average Bonchev–Trinajstić information content (AvgIpc) is 2.42. The van der Waals surface area contributed by atoms with Crippen LogP contribution in [0.2, 0.25) is 0 Å². The Morgan fingerprint density at radius 2 is 1.94 bits per heavy atom.